The Hall–Kier alpha value is -3.69. The van der Waals surface area contributed by atoms with Gasteiger partial charge in [0.1, 0.15) is 5.78 Å². The summed E-state index contributed by atoms with van der Waals surface area (Å²) >= 11 is 0. The number of nitrogens with one attached hydrogen (secondary N) is 1. The molecule has 36 heavy (non-hydrogen) atoms. The highest BCUT2D eigenvalue weighted by molar-refractivity contribution is 5.90. The number of rotatable bonds is 8. The van der Waals surface area contributed by atoms with Gasteiger partial charge in [0.25, 0.3) is 0 Å². The summed E-state index contributed by atoms with van der Waals surface area (Å²) in [6, 6.07) is 15.8. The van der Waals surface area contributed by atoms with Crippen LogP contribution < -0.4 is 5.32 Å². The number of hydrogen-bond acceptors (Lipinski definition) is 5. The lowest BCUT2D eigenvalue weighted by atomic mass is 9.96. The third kappa shape index (κ3) is 6.71. The molecule has 4 rings (SSSR count). The van der Waals surface area contributed by atoms with Crippen molar-refractivity contribution in [3.63, 3.8) is 0 Å². The minimum atomic E-state index is -4.71. The fourth-order valence-electron chi connectivity index (χ4n) is 4.30. The molecule has 3 aromatic rings. The van der Waals surface area contributed by atoms with Crippen LogP contribution in [0.4, 0.5) is 23.7 Å². The van der Waals surface area contributed by atoms with Crippen LogP contribution >= 0.6 is 0 Å². The quantitative estimate of drug-likeness (QED) is 0.402. The first-order chi connectivity index (χ1) is 17.3. The van der Waals surface area contributed by atoms with E-state index in [2.05, 4.69) is 20.0 Å². The summed E-state index contributed by atoms with van der Waals surface area (Å²) in [5.41, 5.74) is 1.96. The van der Waals surface area contributed by atoms with Crippen molar-refractivity contribution in [2.75, 3.05) is 11.9 Å². The normalized spacial score (nSPS) is 16.1. The molecule has 1 aliphatic heterocycles. The summed E-state index contributed by atoms with van der Waals surface area (Å²) in [4.78, 5) is 30.5. The molecule has 0 aliphatic carbocycles. The first-order valence-electron chi connectivity index (χ1n) is 11.9. The fourth-order valence-corrected chi connectivity index (χ4v) is 4.30. The number of aromatic nitrogens is 2. The van der Waals surface area contributed by atoms with Gasteiger partial charge >= 0.3 is 18.1 Å². The molecule has 2 amide bonds. The highest BCUT2D eigenvalue weighted by atomic mass is 19.4. The van der Waals surface area contributed by atoms with Gasteiger partial charge in [0.05, 0.1) is 0 Å². The summed E-state index contributed by atoms with van der Waals surface area (Å²) in [7, 11) is 0. The van der Waals surface area contributed by atoms with Gasteiger partial charge in [0.2, 0.25) is 5.82 Å². The number of alkyl halides is 3. The molecular formula is C26H27F3N4O3. The number of likely N-dealkylation sites (tertiary alicyclic amines) is 1. The molecule has 1 aromatic heterocycles. The molecule has 7 nitrogen and oxygen atoms in total. The molecule has 0 spiro atoms. The van der Waals surface area contributed by atoms with E-state index >= 15 is 0 Å². The van der Waals surface area contributed by atoms with Gasteiger partial charge in [0, 0.05) is 36.7 Å². The summed E-state index contributed by atoms with van der Waals surface area (Å²) < 4.78 is 42.3. The zero-order chi connectivity index (χ0) is 25.5. The molecule has 0 radical (unpaired) electrons. The lowest BCUT2D eigenvalue weighted by Crippen LogP contribution is -2.46. The molecule has 1 aliphatic rings. The Morgan fingerprint density at radius 2 is 1.78 bits per heavy atom. The number of aryl methyl sites for hydroxylation is 1. The van der Waals surface area contributed by atoms with Crippen molar-refractivity contribution in [2.45, 2.75) is 57.2 Å². The van der Waals surface area contributed by atoms with Crippen molar-refractivity contribution < 1.29 is 27.3 Å². The Bertz CT molecular complexity index is 1160. The Morgan fingerprint density at radius 3 is 2.47 bits per heavy atom. The predicted octanol–water partition coefficient (Wildman–Crippen LogP) is 6.12. The zero-order valence-corrected chi connectivity index (χ0v) is 19.6. The number of hydrogen-bond donors (Lipinski definition) is 1. The van der Waals surface area contributed by atoms with Crippen LogP contribution in [0.5, 0.6) is 0 Å². The topological polar surface area (TPSA) is 88.3 Å². The molecule has 1 atom stereocenters. The monoisotopic (exact) mass is 500 g/mol. The Kier molecular flexibility index (Phi) is 8.02. The maximum absolute atomic E-state index is 13.0. The van der Waals surface area contributed by atoms with E-state index in [4.69, 9.17) is 0 Å². The van der Waals surface area contributed by atoms with Crippen LogP contribution in [0.3, 0.4) is 0 Å². The molecule has 10 heteroatoms. The SMILES string of the molecule is O=C(CCc1ccccc1)CCC1CCCCN1C(=O)Nc1ccc(-c2noc(C(F)(F)F)n2)cc1. The highest BCUT2D eigenvalue weighted by Crippen LogP contribution is 2.30. The van der Waals surface area contributed by atoms with Crippen molar-refractivity contribution >= 4 is 17.5 Å². The zero-order valence-electron chi connectivity index (χ0n) is 19.6. The van der Waals surface area contributed by atoms with Gasteiger partial charge in [-0.15, -0.1) is 0 Å². The largest absolute Gasteiger partial charge is 0.471 e. The summed E-state index contributed by atoms with van der Waals surface area (Å²) in [6.07, 6.45) is 0.288. The fraction of sp³-hybridized carbons (Fsp3) is 0.385. The molecule has 1 saturated heterocycles. The van der Waals surface area contributed by atoms with E-state index < -0.39 is 12.1 Å². The number of carbonyl (C=O) groups excluding carboxylic acids is 2. The minimum Gasteiger partial charge on any atom is -0.329 e. The van der Waals surface area contributed by atoms with E-state index in [0.717, 1.165) is 24.8 Å². The summed E-state index contributed by atoms with van der Waals surface area (Å²) in [6.45, 7) is 0.607. The molecule has 190 valence electrons. The van der Waals surface area contributed by atoms with Crippen molar-refractivity contribution in [1.29, 1.82) is 0 Å². The molecule has 0 bridgehead atoms. The van der Waals surface area contributed by atoms with Gasteiger partial charge < -0.3 is 14.7 Å². The highest BCUT2D eigenvalue weighted by Gasteiger charge is 2.38. The number of halogens is 3. The second-order valence-electron chi connectivity index (χ2n) is 8.83. The number of benzene rings is 2. The van der Waals surface area contributed by atoms with Gasteiger partial charge in [-0.25, -0.2) is 4.79 Å². The lowest BCUT2D eigenvalue weighted by Gasteiger charge is -2.35. The number of Topliss-reactive ketones (excluding diaryl/α,β-unsaturated/α-hetero) is 1. The third-order valence-corrected chi connectivity index (χ3v) is 6.24. The number of urea groups is 1. The molecular weight excluding hydrogens is 473 g/mol. The molecule has 2 heterocycles. The Labute approximate surface area is 206 Å². The first-order valence-corrected chi connectivity index (χ1v) is 11.9. The Morgan fingerprint density at radius 1 is 1.03 bits per heavy atom. The van der Waals surface area contributed by atoms with E-state index in [1.807, 2.05) is 30.3 Å². The third-order valence-electron chi connectivity index (χ3n) is 6.24. The number of anilines is 1. The van der Waals surface area contributed by atoms with Crippen LogP contribution in [0.25, 0.3) is 11.4 Å². The molecule has 2 aromatic carbocycles. The maximum Gasteiger partial charge on any atom is 0.471 e. The van der Waals surface area contributed by atoms with E-state index in [-0.39, 0.29) is 23.7 Å². The smallest absolute Gasteiger partial charge is 0.329 e. The van der Waals surface area contributed by atoms with Crippen LogP contribution in [0.15, 0.2) is 59.1 Å². The summed E-state index contributed by atoms with van der Waals surface area (Å²) in [5, 5.41) is 6.20. The van der Waals surface area contributed by atoms with E-state index in [0.29, 0.717) is 43.5 Å². The van der Waals surface area contributed by atoms with Crippen LogP contribution in [0.1, 0.15) is 50.0 Å². The average Bonchev–Trinajstić information content (AvgIpc) is 3.39. The number of piperidine rings is 1. The first kappa shape index (κ1) is 25.4. The average molecular weight is 501 g/mol. The molecule has 1 unspecified atom stereocenters. The second kappa shape index (κ2) is 11.4. The number of amides is 2. The van der Waals surface area contributed by atoms with Gasteiger partial charge in [-0.1, -0.05) is 35.5 Å². The van der Waals surface area contributed by atoms with Crippen LogP contribution in [-0.4, -0.2) is 39.4 Å². The van der Waals surface area contributed by atoms with Crippen molar-refractivity contribution in [2.24, 2.45) is 0 Å². The number of ketones is 1. The maximum atomic E-state index is 13.0. The van der Waals surface area contributed by atoms with Crippen LogP contribution in [-0.2, 0) is 17.4 Å². The second-order valence-corrected chi connectivity index (χ2v) is 8.83. The van der Waals surface area contributed by atoms with Crippen molar-refractivity contribution in [1.82, 2.24) is 15.0 Å². The van der Waals surface area contributed by atoms with Gasteiger partial charge in [0.15, 0.2) is 0 Å². The van der Waals surface area contributed by atoms with Crippen LogP contribution in [0.2, 0.25) is 0 Å². The van der Waals surface area contributed by atoms with E-state index in [1.165, 1.54) is 12.1 Å². The van der Waals surface area contributed by atoms with E-state index in [1.54, 1.807) is 17.0 Å². The van der Waals surface area contributed by atoms with Crippen molar-refractivity contribution in [3.05, 3.63) is 66.1 Å². The van der Waals surface area contributed by atoms with Gasteiger partial charge in [-0.2, -0.15) is 18.2 Å². The number of nitrogens with zero attached hydrogens (tertiary/aromatic N) is 3. The predicted molar refractivity (Wildman–Crippen MR) is 127 cm³/mol. The van der Waals surface area contributed by atoms with E-state index in [9.17, 15) is 22.8 Å². The molecule has 0 saturated carbocycles. The molecule has 1 fully saturated rings. The lowest BCUT2D eigenvalue weighted by molar-refractivity contribution is -0.159. The van der Waals surface area contributed by atoms with Gasteiger partial charge in [-0.05, 0) is 61.9 Å². The number of carbonyl (C=O) groups is 2. The molecule has 1 N–H and O–H groups in total. The van der Waals surface area contributed by atoms with Crippen molar-refractivity contribution in [3.8, 4) is 11.4 Å². The van der Waals surface area contributed by atoms with Crippen LogP contribution in [0, 0.1) is 0 Å². The standard InChI is InChI=1S/C26H27F3N4O3/c27-26(28,29)24-31-23(32-36-24)19-10-12-20(13-11-19)30-25(35)33-17-5-4-8-21(33)14-16-22(34)15-9-18-6-2-1-3-7-18/h1-3,6-7,10-13,21H,4-5,8-9,14-17H2,(H,30,35). The minimum absolute atomic E-state index is 0.0150. The summed E-state index contributed by atoms with van der Waals surface area (Å²) in [5.74, 6) is -1.41. The Balaban J connectivity index is 1.30. The van der Waals surface area contributed by atoms with Gasteiger partial charge in [-0.3, -0.25) is 4.79 Å².